The zero-order valence-electron chi connectivity index (χ0n) is 23.9. The molecule has 8 nitrogen and oxygen atoms in total. The fourth-order valence-electron chi connectivity index (χ4n) is 4.81. The van der Waals surface area contributed by atoms with Crippen LogP contribution in [0.5, 0.6) is 17.2 Å². The van der Waals surface area contributed by atoms with Gasteiger partial charge in [-0.1, -0.05) is 41.7 Å². The van der Waals surface area contributed by atoms with Gasteiger partial charge in [0.05, 0.1) is 45.6 Å². The second-order valence-electron chi connectivity index (χ2n) is 9.50. The number of carbonyl (C=O) groups is 1. The maximum absolute atomic E-state index is 14.0. The molecule has 1 aliphatic heterocycles. The Morgan fingerprint density at radius 1 is 1.05 bits per heavy atom. The molecule has 3 aromatic carbocycles. The molecule has 0 radical (unpaired) electrons. The Labute approximate surface area is 269 Å². The highest BCUT2D eigenvalue weighted by Crippen LogP contribution is 2.38. The summed E-state index contributed by atoms with van der Waals surface area (Å²) in [6.07, 6.45) is 1.80. The van der Waals surface area contributed by atoms with Crippen LogP contribution < -0.4 is 29.1 Å². The van der Waals surface area contributed by atoms with Crippen LogP contribution in [0.15, 0.2) is 90.7 Å². The van der Waals surface area contributed by atoms with E-state index in [-0.39, 0.29) is 17.7 Å². The topological polar surface area (TPSA) is 88.4 Å². The number of hydrogen-bond donors (Lipinski definition) is 0. The van der Waals surface area contributed by atoms with E-state index in [9.17, 15) is 9.59 Å². The first-order valence-corrected chi connectivity index (χ1v) is 15.7. The van der Waals surface area contributed by atoms with Gasteiger partial charge in [-0.25, -0.2) is 9.79 Å². The summed E-state index contributed by atoms with van der Waals surface area (Å²) < 4.78 is 26.0. The highest BCUT2D eigenvalue weighted by atomic mass is 79.9. The fourth-order valence-corrected chi connectivity index (χ4v) is 7.31. The van der Waals surface area contributed by atoms with Crippen molar-refractivity contribution in [1.29, 1.82) is 0 Å². The van der Waals surface area contributed by atoms with Crippen molar-refractivity contribution in [1.82, 2.24) is 4.57 Å². The first-order chi connectivity index (χ1) is 20.7. The molecular formula is C32H28Br2N2O6S. The van der Waals surface area contributed by atoms with Gasteiger partial charge in [-0.3, -0.25) is 9.36 Å². The van der Waals surface area contributed by atoms with Gasteiger partial charge in [0, 0.05) is 11.6 Å². The Kier molecular flexibility index (Phi) is 9.53. The molecule has 0 aliphatic carbocycles. The molecule has 0 N–H and O–H groups in total. The Hall–Kier alpha value is -3.67. The number of allylic oxidation sites excluding steroid dienone is 1. The number of aromatic nitrogens is 1. The lowest BCUT2D eigenvalue weighted by Gasteiger charge is -2.26. The quantitative estimate of drug-likeness (QED) is 0.199. The van der Waals surface area contributed by atoms with Crippen LogP contribution in [0.3, 0.4) is 0 Å². The number of esters is 1. The van der Waals surface area contributed by atoms with Crippen molar-refractivity contribution in [3.05, 3.63) is 117 Å². The van der Waals surface area contributed by atoms with Crippen molar-refractivity contribution in [2.75, 3.05) is 20.8 Å². The predicted molar refractivity (Wildman–Crippen MR) is 173 cm³/mol. The number of fused-ring (bicyclic) bond motifs is 1. The van der Waals surface area contributed by atoms with E-state index in [1.54, 1.807) is 45.2 Å². The minimum atomic E-state index is -0.814. The molecule has 1 aliphatic rings. The number of thiazole rings is 1. The lowest BCUT2D eigenvalue weighted by Crippen LogP contribution is -2.40. The second kappa shape index (κ2) is 13.3. The van der Waals surface area contributed by atoms with E-state index in [1.807, 2.05) is 42.5 Å². The standard InChI is InChI=1S/C32H28Br2N2O6S/c1-5-41-31(38)27-18(2)35-32-36(28(27)22-12-11-21(39-3)16-25(22)40-4)30(37)26(43-32)15-20-13-23(33)29(24(34)14-20)42-17-19-9-7-6-8-10-19/h6-16,28H,5,17H2,1-4H3/b26-15-/t28-/m0/s1. The van der Waals surface area contributed by atoms with Gasteiger partial charge in [0.15, 0.2) is 4.80 Å². The Morgan fingerprint density at radius 2 is 1.77 bits per heavy atom. The number of carbonyl (C=O) groups excluding carboxylic acids is 1. The van der Waals surface area contributed by atoms with Crippen LogP contribution in [0.4, 0.5) is 0 Å². The molecule has 0 fully saturated rings. The molecule has 0 spiro atoms. The number of nitrogens with zero attached hydrogens (tertiary/aromatic N) is 2. The lowest BCUT2D eigenvalue weighted by molar-refractivity contribution is -0.139. The molecule has 4 aromatic rings. The molecule has 222 valence electrons. The maximum atomic E-state index is 14.0. The molecule has 11 heteroatoms. The molecule has 0 amide bonds. The summed E-state index contributed by atoms with van der Waals surface area (Å²) in [4.78, 5) is 32.4. The minimum Gasteiger partial charge on any atom is -0.497 e. The number of methoxy groups -OCH3 is 2. The summed E-state index contributed by atoms with van der Waals surface area (Å²) in [6.45, 7) is 4.07. The zero-order valence-corrected chi connectivity index (χ0v) is 27.8. The number of halogens is 2. The average Bonchev–Trinajstić information content (AvgIpc) is 3.30. The molecule has 0 bridgehead atoms. The van der Waals surface area contributed by atoms with Crippen LogP contribution in [0, 0.1) is 0 Å². The third kappa shape index (κ3) is 6.34. The van der Waals surface area contributed by atoms with Gasteiger partial charge in [-0.05, 0) is 87.2 Å². The molecule has 0 unspecified atom stereocenters. The molecule has 0 saturated carbocycles. The van der Waals surface area contributed by atoms with E-state index in [1.165, 1.54) is 23.0 Å². The third-order valence-corrected chi connectivity index (χ3v) is 8.96. The summed E-state index contributed by atoms with van der Waals surface area (Å²) in [5.41, 5.74) is 2.88. The summed E-state index contributed by atoms with van der Waals surface area (Å²) in [6, 6.07) is 18.1. The van der Waals surface area contributed by atoms with Gasteiger partial charge in [-0.15, -0.1) is 0 Å². The van der Waals surface area contributed by atoms with Gasteiger partial charge in [-0.2, -0.15) is 0 Å². The molecule has 1 atom stereocenters. The van der Waals surface area contributed by atoms with Crippen molar-refractivity contribution in [3.63, 3.8) is 0 Å². The first-order valence-electron chi connectivity index (χ1n) is 13.3. The highest BCUT2D eigenvalue weighted by Gasteiger charge is 2.35. The van der Waals surface area contributed by atoms with Crippen LogP contribution in [-0.4, -0.2) is 31.4 Å². The molecule has 0 saturated heterocycles. The summed E-state index contributed by atoms with van der Waals surface area (Å²) in [7, 11) is 3.09. The largest absolute Gasteiger partial charge is 0.497 e. The smallest absolute Gasteiger partial charge is 0.338 e. The van der Waals surface area contributed by atoms with Crippen LogP contribution in [0.2, 0.25) is 0 Å². The molecule has 5 rings (SSSR count). The number of rotatable bonds is 9. The minimum absolute atomic E-state index is 0.182. The van der Waals surface area contributed by atoms with Gasteiger partial charge < -0.3 is 18.9 Å². The van der Waals surface area contributed by atoms with Gasteiger partial charge in [0.1, 0.15) is 29.9 Å². The van der Waals surface area contributed by atoms with E-state index in [0.717, 1.165) is 20.1 Å². The number of ether oxygens (including phenoxy) is 4. The SMILES string of the molecule is CCOC(=O)C1=C(C)N=c2s/c(=C\c3cc(Br)c(OCc4ccccc4)c(Br)c3)c(=O)n2[C@H]1c1ccc(OC)cc1OC. The van der Waals surface area contributed by atoms with E-state index in [0.29, 0.717) is 44.4 Å². The van der Waals surface area contributed by atoms with E-state index >= 15 is 0 Å². The van der Waals surface area contributed by atoms with Crippen molar-refractivity contribution < 1.29 is 23.7 Å². The zero-order chi connectivity index (χ0) is 30.7. The number of hydrogen-bond acceptors (Lipinski definition) is 8. The number of benzene rings is 3. The van der Waals surface area contributed by atoms with E-state index < -0.39 is 12.0 Å². The third-order valence-electron chi connectivity index (χ3n) is 6.80. The second-order valence-corrected chi connectivity index (χ2v) is 12.2. The van der Waals surface area contributed by atoms with Crippen molar-refractivity contribution in [3.8, 4) is 17.2 Å². The summed E-state index contributed by atoms with van der Waals surface area (Å²) >= 11 is 8.48. The summed E-state index contributed by atoms with van der Waals surface area (Å²) in [5.74, 6) is 1.16. The van der Waals surface area contributed by atoms with Gasteiger partial charge >= 0.3 is 5.97 Å². The Morgan fingerprint density at radius 3 is 2.42 bits per heavy atom. The lowest BCUT2D eigenvalue weighted by atomic mass is 9.95. The van der Waals surface area contributed by atoms with Crippen LogP contribution in [0.25, 0.3) is 6.08 Å². The van der Waals surface area contributed by atoms with Crippen molar-refractivity contribution in [2.24, 2.45) is 4.99 Å². The van der Waals surface area contributed by atoms with Gasteiger partial charge in [0.25, 0.3) is 5.56 Å². The maximum Gasteiger partial charge on any atom is 0.338 e. The van der Waals surface area contributed by atoms with Crippen LogP contribution >= 0.6 is 43.2 Å². The Balaban J connectivity index is 1.60. The highest BCUT2D eigenvalue weighted by molar-refractivity contribution is 9.11. The van der Waals surface area contributed by atoms with Crippen molar-refractivity contribution >= 4 is 55.2 Å². The predicted octanol–water partition coefficient (Wildman–Crippen LogP) is 5.92. The molecule has 1 aromatic heterocycles. The van der Waals surface area contributed by atoms with Gasteiger partial charge in [0.2, 0.25) is 0 Å². The molecule has 2 heterocycles. The van der Waals surface area contributed by atoms with E-state index in [2.05, 4.69) is 36.9 Å². The molecular weight excluding hydrogens is 700 g/mol. The van der Waals surface area contributed by atoms with Crippen LogP contribution in [-0.2, 0) is 16.1 Å². The Bertz CT molecular complexity index is 1880. The van der Waals surface area contributed by atoms with Crippen LogP contribution in [0.1, 0.15) is 36.6 Å². The van der Waals surface area contributed by atoms with Crippen molar-refractivity contribution in [2.45, 2.75) is 26.5 Å². The fraction of sp³-hybridized carbons (Fsp3) is 0.219. The summed E-state index contributed by atoms with van der Waals surface area (Å²) in [5, 5.41) is 0. The first kappa shape index (κ1) is 30.8. The monoisotopic (exact) mass is 726 g/mol. The normalized spacial score (nSPS) is 14.7. The molecule has 43 heavy (non-hydrogen) atoms. The average molecular weight is 728 g/mol. The van der Waals surface area contributed by atoms with E-state index in [4.69, 9.17) is 18.9 Å².